The summed E-state index contributed by atoms with van der Waals surface area (Å²) in [5.74, 6) is 1.92. The van der Waals surface area contributed by atoms with Gasteiger partial charge in [-0.2, -0.15) is 0 Å². The molecule has 1 aliphatic heterocycles. The number of unbranched alkanes of at least 4 members (excludes halogenated alkanes) is 3. The van der Waals surface area contributed by atoms with E-state index in [1.165, 1.54) is 41.8 Å². The summed E-state index contributed by atoms with van der Waals surface area (Å²) < 4.78 is 11.4. The molecule has 0 N–H and O–H groups in total. The molecule has 134 valence electrons. The van der Waals surface area contributed by atoms with Crippen molar-refractivity contribution in [2.24, 2.45) is 0 Å². The minimum absolute atomic E-state index is 0.808. The van der Waals surface area contributed by atoms with E-state index in [1.54, 1.807) is 7.11 Å². The van der Waals surface area contributed by atoms with Gasteiger partial charge in [0.1, 0.15) is 11.5 Å². The summed E-state index contributed by atoms with van der Waals surface area (Å²) in [6, 6.07) is 12.8. The number of hydrogen-bond acceptors (Lipinski definition) is 3. The van der Waals surface area contributed by atoms with E-state index in [0.29, 0.717) is 0 Å². The molecule has 0 spiro atoms. The first-order chi connectivity index (χ1) is 12.2. The van der Waals surface area contributed by atoms with Crippen molar-refractivity contribution in [3.8, 4) is 11.5 Å². The molecule has 1 heterocycles. The van der Waals surface area contributed by atoms with Crippen LogP contribution in [0.3, 0.4) is 0 Å². The van der Waals surface area contributed by atoms with E-state index in [1.807, 2.05) is 12.1 Å². The van der Waals surface area contributed by atoms with Gasteiger partial charge in [0.2, 0.25) is 0 Å². The molecule has 0 aromatic heterocycles. The molecular weight excluding hydrogens is 310 g/mol. The molecule has 1 aliphatic rings. The number of aryl methyl sites for hydroxylation is 1. The van der Waals surface area contributed by atoms with E-state index < -0.39 is 0 Å². The number of methoxy groups -OCH3 is 1. The lowest BCUT2D eigenvalue weighted by Gasteiger charge is -2.21. The van der Waals surface area contributed by atoms with Gasteiger partial charge in [-0.25, -0.2) is 0 Å². The fourth-order valence-corrected chi connectivity index (χ4v) is 3.44. The Kier molecular flexibility index (Phi) is 5.85. The van der Waals surface area contributed by atoms with Crippen molar-refractivity contribution in [2.45, 2.75) is 46.0 Å². The van der Waals surface area contributed by atoms with E-state index in [-0.39, 0.29) is 0 Å². The summed E-state index contributed by atoms with van der Waals surface area (Å²) >= 11 is 0. The van der Waals surface area contributed by atoms with E-state index in [4.69, 9.17) is 9.47 Å². The first-order valence-electron chi connectivity index (χ1n) is 9.41. The lowest BCUT2D eigenvalue weighted by molar-refractivity contribution is 0.303. The highest BCUT2D eigenvalue weighted by molar-refractivity contribution is 5.72. The first kappa shape index (κ1) is 17.7. The summed E-state index contributed by atoms with van der Waals surface area (Å²) in [6.07, 6.45) is 6.01. The third-order valence-electron chi connectivity index (χ3n) is 4.91. The molecule has 3 nitrogen and oxygen atoms in total. The molecule has 0 aliphatic carbocycles. The number of rotatable bonds is 8. The Balaban J connectivity index is 1.74. The Morgan fingerprint density at radius 3 is 2.56 bits per heavy atom. The molecule has 0 radical (unpaired) electrons. The summed E-state index contributed by atoms with van der Waals surface area (Å²) in [6.45, 7) is 6.21. The summed E-state index contributed by atoms with van der Waals surface area (Å²) in [5.41, 5.74) is 5.13. The normalized spacial score (nSPS) is 13.0. The van der Waals surface area contributed by atoms with Gasteiger partial charge < -0.3 is 14.4 Å². The number of fused-ring (bicyclic) bond motifs is 1. The largest absolute Gasteiger partial charge is 0.497 e. The molecule has 3 heteroatoms. The van der Waals surface area contributed by atoms with E-state index in [0.717, 1.165) is 37.5 Å². The van der Waals surface area contributed by atoms with Gasteiger partial charge in [0.05, 0.1) is 13.7 Å². The van der Waals surface area contributed by atoms with Gasteiger partial charge in [0.25, 0.3) is 0 Å². The molecule has 0 saturated heterocycles. The molecule has 0 bridgehead atoms. The second-order valence-corrected chi connectivity index (χ2v) is 6.76. The molecule has 0 saturated carbocycles. The average Bonchev–Trinajstić information content (AvgIpc) is 3.04. The maximum Gasteiger partial charge on any atom is 0.124 e. The molecule has 2 aromatic carbocycles. The van der Waals surface area contributed by atoms with Gasteiger partial charge >= 0.3 is 0 Å². The molecule has 3 rings (SSSR count). The molecule has 25 heavy (non-hydrogen) atoms. The van der Waals surface area contributed by atoms with Crippen molar-refractivity contribution in [3.05, 3.63) is 47.5 Å². The second kappa shape index (κ2) is 8.28. The van der Waals surface area contributed by atoms with Crippen molar-refractivity contribution >= 4 is 11.4 Å². The van der Waals surface area contributed by atoms with Crippen molar-refractivity contribution < 1.29 is 9.47 Å². The van der Waals surface area contributed by atoms with Crippen LogP contribution in [0.15, 0.2) is 36.4 Å². The van der Waals surface area contributed by atoms with Crippen molar-refractivity contribution in [2.75, 3.05) is 25.2 Å². The summed E-state index contributed by atoms with van der Waals surface area (Å²) in [4.78, 5) is 2.37. The van der Waals surface area contributed by atoms with Gasteiger partial charge in [-0.05, 0) is 55.2 Å². The van der Waals surface area contributed by atoms with Crippen LogP contribution in [0, 0.1) is 6.92 Å². The quantitative estimate of drug-likeness (QED) is 0.579. The minimum atomic E-state index is 0.808. The van der Waals surface area contributed by atoms with E-state index in [9.17, 15) is 0 Å². The molecular formula is C22H29NO2. The Morgan fingerprint density at radius 2 is 1.84 bits per heavy atom. The molecule has 2 aromatic rings. The Morgan fingerprint density at radius 1 is 1.04 bits per heavy atom. The smallest absolute Gasteiger partial charge is 0.124 e. The highest BCUT2D eigenvalue weighted by atomic mass is 16.5. The molecule has 0 fully saturated rings. The van der Waals surface area contributed by atoms with Gasteiger partial charge in [-0.3, -0.25) is 0 Å². The standard InChI is InChI=1S/C22H29NO2/c1-4-5-6-7-14-25-22-16-21-18(15-17(22)2)12-13-23(21)19-8-10-20(24-3)11-9-19/h8-11,15-16H,4-7,12-14H2,1-3H3. The monoisotopic (exact) mass is 339 g/mol. The van der Waals surface area contributed by atoms with Crippen LogP contribution in [0.4, 0.5) is 11.4 Å². The second-order valence-electron chi connectivity index (χ2n) is 6.76. The van der Waals surface area contributed by atoms with Crippen molar-refractivity contribution in [3.63, 3.8) is 0 Å². The van der Waals surface area contributed by atoms with E-state index >= 15 is 0 Å². The number of ether oxygens (including phenoxy) is 2. The van der Waals surface area contributed by atoms with Crippen molar-refractivity contribution in [1.82, 2.24) is 0 Å². The highest BCUT2D eigenvalue weighted by Gasteiger charge is 2.22. The third-order valence-corrected chi connectivity index (χ3v) is 4.91. The minimum Gasteiger partial charge on any atom is -0.497 e. The van der Waals surface area contributed by atoms with Crippen LogP contribution in [-0.4, -0.2) is 20.3 Å². The zero-order chi connectivity index (χ0) is 17.6. The van der Waals surface area contributed by atoms with Gasteiger partial charge in [-0.1, -0.05) is 32.3 Å². The lowest BCUT2D eigenvalue weighted by atomic mass is 10.1. The topological polar surface area (TPSA) is 21.7 Å². The van der Waals surface area contributed by atoms with Crippen LogP contribution in [0.25, 0.3) is 0 Å². The SMILES string of the molecule is CCCCCCOc1cc2c(cc1C)CCN2c1ccc(OC)cc1. The number of anilines is 2. The average molecular weight is 339 g/mol. The maximum absolute atomic E-state index is 6.08. The van der Waals surface area contributed by atoms with E-state index in [2.05, 4.69) is 43.0 Å². The van der Waals surface area contributed by atoms with Crippen LogP contribution in [0.2, 0.25) is 0 Å². The maximum atomic E-state index is 6.08. The van der Waals surface area contributed by atoms with Gasteiger partial charge in [-0.15, -0.1) is 0 Å². The van der Waals surface area contributed by atoms with Gasteiger partial charge in [0, 0.05) is 24.0 Å². The molecule has 0 atom stereocenters. The third kappa shape index (κ3) is 4.09. The Labute approximate surface area is 151 Å². The fraction of sp³-hybridized carbons (Fsp3) is 0.455. The molecule has 0 amide bonds. The van der Waals surface area contributed by atoms with Crippen LogP contribution in [0.5, 0.6) is 11.5 Å². The van der Waals surface area contributed by atoms with Gasteiger partial charge in [0.15, 0.2) is 0 Å². The Hall–Kier alpha value is -2.16. The Bertz CT molecular complexity index is 694. The van der Waals surface area contributed by atoms with Crippen molar-refractivity contribution in [1.29, 1.82) is 0 Å². The highest BCUT2D eigenvalue weighted by Crippen LogP contribution is 2.39. The fourth-order valence-electron chi connectivity index (χ4n) is 3.44. The summed E-state index contributed by atoms with van der Waals surface area (Å²) in [5, 5.41) is 0. The zero-order valence-corrected chi connectivity index (χ0v) is 15.7. The van der Waals surface area contributed by atoms with Crippen LogP contribution in [0.1, 0.15) is 43.7 Å². The summed E-state index contributed by atoms with van der Waals surface area (Å²) in [7, 11) is 1.70. The van der Waals surface area contributed by atoms with Crippen LogP contribution < -0.4 is 14.4 Å². The predicted molar refractivity (Wildman–Crippen MR) is 105 cm³/mol. The first-order valence-corrected chi connectivity index (χ1v) is 9.41. The van der Waals surface area contributed by atoms with Crippen LogP contribution >= 0.6 is 0 Å². The number of benzene rings is 2. The lowest BCUT2D eigenvalue weighted by Crippen LogP contribution is -2.13. The predicted octanol–water partition coefficient (Wildman–Crippen LogP) is 5.66. The molecule has 0 unspecified atom stereocenters. The van der Waals surface area contributed by atoms with Crippen LogP contribution in [-0.2, 0) is 6.42 Å². The zero-order valence-electron chi connectivity index (χ0n) is 15.7. The number of nitrogens with zero attached hydrogens (tertiary/aromatic N) is 1. The number of hydrogen-bond donors (Lipinski definition) is 0.